The molecule has 0 spiro atoms. The molecule has 1 unspecified atom stereocenters. The summed E-state index contributed by atoms with van der Waals surface area (Å²) in [5.41, 5.74) is 3.06. The van der Waals surface area contributed by atoms with Crippen molar-refractivity contribution in [3.63, 3.8) is 0 Å². The van der Waals surface area contributed by atoms with Gasteiger partial charge in [0.2, 0.25) is 0 Å². The average molecular weight is 411 g/mol. The second kappa shape index (κ2) is 11.2. The summed E-state index contributed by atoms with van der Waals surface area (Å²) in [5.74, 6) is 1.52. The number of ether oxygens (including phenoxy) is 2. The fourth-order valence-electron chi connectivity index (χ4n) is 3.29. The van der Waals surface area contributed by atoms with Crippen LogP contribution >= 0.6 is 0 Å². The van der Waals surface area contributed by atoms with E-state index in [1.54, 1.807) is 14.2 Å². The third-order valence-electron chi connectivity index (χ3n) is 4.97. The summed E-state index contributed by atoms with van der Waals surface area (Å²) < 4.78 is 10.6. The molecule has 2 aromatic rings. The third-order valence-corrected chi connectivity index (χ3v) is 4.97. The van der Waals surface area contributed by atoms with E-state index in [1.165, 1.54) is 5.56 Å². The van der Waals surface area contributed by atoms with Crippen LogP contribution in [0.1, 0.15) is 24.0 Å². The van der Waals surface area contributed by atoms with Gasteiger partial charge in [-0.15, -0.1) is 0 Å². The topological polar surface area (TPSA) is 84.0 Å². The van der Waals surface area contributed by atoms with E-state index in [0.717, 1.165) is 48.8 Å². The van der Waals surface area contributed by atoms with Gasteiger partial charge in [0.15, 0.2) is 5.96 Å². The molecule has 3 N–H and O–H groups in total. The zero-order chi connectivity index (χ0) is 21.2. The second-order valence-electron chi connectivity index (χ2n) is 7.14. The molecular weight excluding hydrogens is 380 g/mol. The van der Waals surface area contributed by atoms with Crippen LogP contribution in [0.5, 0.6) is 5.75 Å². The molecule has 1 fully saturated rings. The minimum Gasteiger partial charge on any atom is -0.497 e. The maximum atomic E-state index is 12.2. The highest BCUT2D eigenvalue weighted by atomic mass is 16.5. The number of hydrogen-bond donors (Lipinski definition) is 3. The highest BCUT2D eigenvalue weighted by Gasteiger charge is 2.23. The number of rotatable bonds is 8. The Balaban J connectivity index is 1.44. The van der Waals surface area contributed by atoms with Gasteiger partial charge in [0.25, 0.3) is 5.91 Å². The molecule has 0 bridgehead atoms. The highest BCUT2D eigenvalue weighted by Crippen LogP contribution is 2.16. The summed E-state index contributed by atoms with van der Waals surface area (Å²) in [5, 5.41) is 9.57. The number of aliphatic imine (C=N–C) groups is 1. The Kier molecular flexibility index (Phi) is 8.09. The normalized spacial score (nSPS) is 16.2. The van der Waals surface area contributed by atoms with Gasteiger partial charge in [0.1, 0.15) is 11.9 Å². The quantitative estimate of drug-likeness (QED) is 0.460. The molecule has 2 aromatic carbocycles. The summed E-state index contributed by atoms with van der Waals surface area (Å²) in [6.45, 7) is 2.03. The number of carbonyl (C=O) groups is 1. The minimum atomic E-state index is -0.333. The number of guanidine groups is 1. The molecule has 1 amide bonds. The molecular formula is C23H30N4O3. The van der Waals surface area contributed by atoms with E-state index in [-0.39, 0.29) is 12.0 Å². The highest BCUT2D eigenvalue weighted by molar-refractivity contribution is 5.94. The standard InChI is InChI=1S/C23H30N4O3/c1-24-23(25-13-12-17-8-10-20(29-2)11-9-17)26-16-18-5-3-6-19(15-18)27-22(28)21-7-4-14-30-21/h3,5-6,8-11,15,21H,4,7,12-14,16H2,1-2H3,(H,27,28)(H2,24,25,26). The lowest BCUT2D eigenvalue weighted by Crippen LogP contribution is -2.37. The van der Waals surface area contributed by atoms with Gasteiger partial charge in [-0.3, -0.25) is 9.79 Å². The van der Waals surface area contributed by atoms with Crippen molar-refractivity contribution in [2.45, 2.75) is 31.9 Å². The molecule has 1 heterocycles. The Morgan fingerprint density at radius 2 is 2.00 bits per heavy atom. The molecule has 1 atom stereocenters. The lowest BCUT2D eigenvalue weighted by molar-refractivity contribution is -0.124. The van der Waals surface area contributed by atoms with Crippen molar-refractivity contribution in [2.24, 2.45) is 4.99 Å². The average Bonchev–Trinajstić information content (AvgIpc) is 3.32. The van der Waals surface area contributed by atoms with Gasteiger partial charge < -0.3 is 25.4 Å². The molecule has 3 rings (SSSR count). The van der Waals surface area contributed by atoms with Gasteiger partial charge in [-0.05, 0) is 54.7 Å². The Bertz CT molecular complexity index is 846. The number of nitrogens with one attached hydrogen (secondary N) is 3. The fraction of sp³-hybridized carbons (Fsp3) is 0.391. The summed E-state index contributed by atoms with van der Waals surface area (Å²) in [6.07, 6.45) is 2.27. The SMILES string of the molecule is CN=C(NCCc1ccc(OC)cc1)NCc1cccc(NC(=O)C2CCCO2)c1. The zero-order valence-electron chi connectivity index (χ0n) is 17.6. The number of anilines is 1. The zero-order valence-corrected chi connectivity index (χ0v) is 17.6. The lowest BCUT2D eigenvalue weighted by Gasteiger charge is -2.14. The smallest absolute Gasteiger partial charge is 0.253 e. The van der Waals surface area contributed by atoms with Crippen molar-refractivity contribution >= 4 is 17.6 Å². The molecule has 1 aliphatic heterocycles. The van der Waals surface area contributed by atoms with Crippen molar-refractivity contribution in [3.05, 3.63) is 59.7 Å². The van der Waals surface area contributed by atoms with Crippen LogP contribution in [0.4, 0.5) is 5.69 Å². The van der Waals surface area contributed by atoms with Crippen molar-refractivity contribution in [3.8, 4) is 5.75 Å². The van der Waals surface area contributed by atoms with Crippen LogP contribution in [0.25, 0.3) is 0 Å². The van der Waals surface area contributed by atoms with E-state index >= 15 is 0 Å². The molecule has 0 radical (unpaired) electrons. The van der Waals surface area contributed by atoms with E-state index in [9.17, 15) is 4.79 Å². The number of hydrogen-bond acceptors (Lipinski definition) is 4. The number of benzene rings is 2. The van der Waals surface area contributed by atoms with Gasteiger partial charge in [0, 0.05) is 32.4 Å². The van der Waals surface area contributed by atoms with Gasteiger partial charge in [-0.1, -0.05) is 24.3 Å². The maximum Gasteiger partial charge on any atom is 0.253 e. The van der Waals surface area contributed by atoms with Gasteiger partial charge in [0.05, 0.1) is 7.11 Å². The van der Waals surface area contributed by atoms with Crippen LogP contribution < -0.4 is 20.7 Å². The number of amides is 1. The Morgan fingerprint density at radius 3 is 2.70 bits per heavy atom. The predicted octanol–water partition coefficient (Wildman–Crippen LogP) is 2.72. The van der Waals surface area contributed by atoms with E-state index in [4.69, 9.17) is 9.47 Å². The second-order valence-corrected chi connectivity index (χ2v) is 7.14. The lowest BCUT2D eigenvalue weighted by atomic mass is 10.1. The van der Waals surface area contributed by atoms with Crippen LogP contribution in [-0.2, 0) is 22.5 Å². The number of methoxy groups -OCH3 is 1. The molecule has 160 valence electrons. The number of nitrogens with zero attached hydrogens (tertiary/aromatic N) is 1. The van der Waals surface area contributed by atoms with Crippen molar-refractivity contribution in [1.82, 2.24) is 10.6 Å². The van der Waals surface area contributed by atoms with Crippen LogP contribution in [0.15, 0.2) is 53.5 Å². The van der Waals surface area contributed by atoms with Crippen LogP contribution in [0.3, 0.4) is 0 Å². The van der Waals surface area contributed by atoms with E-state index in [2.05, 4.69) is 33.1 Å². The van der Waals surface area contributed by atoms with Crippen molar-refractivity contribution in [2.75, 3.05) is 32.6 Å². The molecule has 7 heteroatoms. The molecule has 0 aromatic heterocycles. The molecule has 1 saturated heterocycles. The molecule has 1 aliphatic rings. The van der Waals surface area contributed by atoms with Crippen molar-refractivity contribution < 1.29 is 14.3 Å². The first-order valence-electron chi connectivity index (χ1n) is 10.3. The molecule has 7 nitrogen and oxygen atoms in total. The largest absolute Gasteiger partial charge is 0.497 e. The summed E-state index contributed by atoms with van der Waals surface area (Å²) in [6, 6.07) is 15.9. The van der Waals surface area contributed by atoms with E-state index in [1.807, 2.05) is 36.4 Å². The first kappa shape index (κ1) is 21.6. The van der Waals surface area contributed by atoms with Gasteiger partial charge >= 0.3 is 0 Å². The van der Waals surface area contributed by atoms with E-state index in [0.29, 0.717) is 13.2 Å². The molecule has 30 heavy (non-hydrogen) atoms. The molecule has 0 aliphatic carbocycles. The Morgan fingerprint density at radius 1 is 1.17 bits per heavy atom. The fourth-order valence-corrected chi connectivity index (χ4v) is 3.29. The van der Waals surface area contributed by atoms with Crippen LogP contribution in [-0.4, -0.2) is 45.3 Å². The maximum absolute atomic E-state index is 12.2. The Hall–Kier alpha value is -3.06. The van der Waals surface area contributed by atoms with E-state index < -0.39 is 0 Å². The minimum absolute atomic E-state index is 0.0754. The van der Waals surface area contributed by atoms with Crippen LogP contribution in [0.2, 0.25) is 0 Å². The summed E-state index contributed by atoms with van der Waals surface area (Å²) >= 11 is 0. The summed E-state index contributed by atoms with van der Waals surface area (Å²) in [7, 11) is 3.42. The van der Waals surface area contributed by atoms with Crippen molar-refractivity contribution in [1.29, 1.82) is 0 Å². The van der Waals surface area contributed by atoms with Gasteiger partial charge in [-0.2, -0.15) is 0 Å². The first-order chi connectivity index (χ1) is 14.7. The number of carbonyl (C=O) groups excluding carboxylic acids is 1. The molecule has 0 saturated carbocycles. The van der Waals surface area contributed by atoms with Crippen LogP contribution in [0, 0.1) is 0 Å². The first-order valence-corrected chi connectivity index (χ1v) is 10.3. The predicted molar refractivity (Wildman–Crippen MR) is 119 cm³/mol. The monoisotopic (exact) mass is 410 g/mol. The third kappa shape index (κ3) is 6.49. The summed E-state index contributed by atoms with van der Waals surface area (Å²) in [4.78, 5) is 16.5. The van der Waals surface area contributed by atoms with Gasteiger partial charge in [-0.25, -0.2) is 0 Å². The Labute approximate surface area is 177 Å².